The van der Waals surface area contributed by atoms with E-state index in [1.54, 1.807) is 0 Å². The van der Waals surface area contributed by atoms with Crippen molar-refractivity contribution in [2.24, 2.45) is 5.73 Å². The lowest BCUT2D eigenvalue weighted by Gasteiger charge is -2.45. The Morgan fingerprint density at radius 2 is 2.22 bits per heavy atom. The predicted molar refractivity (Wildman–Crippen MR) is 77.4 cm³/mol. The van der Waals surface area contributed by atoms with Gasteiger partial charge < -0.3 is 15.4 Å². The molecule has 1 atom stereocenters. The van der Waals surface area contributed by atoms with Gasteiger partial charge in [0.15, 0.2) is 0 Å². The molecule has 18 heavy (non-hydrogen) atoms. The van der Waals surface area contributed by atoms with Crippen LogP contribution in [-0.4, -0.2) is 54.1 Å². The molecule has 3 N–H and O–H groups in total. The van der Waals surface area contributed by atoms with Gasteiger partial charge in [0.2, 0.25) is 0 Å². The summed E-state index contributed by atoms with van der Waals surface area (Å²) in [6, 6.07) is 0.598. The van der Waals surface area contributed by atoms with Gasteiger partial charge in [0.1, 0.15) is 0 Å². The van der Waals surface area contributed by atoms with Crippen molar-refractivity contribution in [1.29, 1.82) is 5.41 Å². The quantitative estimate of drug-likeness (QED) is 0.603. The van der Waals surface area contributed by atoms with Crippen LogP contribution in [0.2, 0.25) is 0 Å². The van der Waals surface area contributed by atoms with Crippen molar-refractivity contribution in [3.05, 3.63) is 0 Å². The molecule has 2 heterocycles. The topological polar surface area (TPSA) is 62.3 Å². The molecule has 0 aliphatic carbocycles. The molecule has 0 radical (unpaired) electrons. The summed E-state index contributed by atoms with van der Waals surface area (Å²) in [7, 11) is 2.16. The van der Waals surface area contributed by atoms with Crippen LogP contribution >= 0.6 is 11.8 Å². The van der Waals surface area contributed by atoms with Crippen molar-refractivity contribution in [2.75, 3.05) is 31.7 Å². The number of hydrogen-bond donors (Lipinski definition) is 2. The van der Waals surface area contributed by atoms with Crippen LogP contribution in [0.4, 0.5) is 0 Å². The molecule has 2 saturated heterocycles. The number of nitrogens with zero attached hydrogens (tertiary/aromatic N) is 1. The van der Waals surface area contributed by atoms with Gasteiger partial charge in [0, 0.05) is 25.6 Å². The number of nitrogens with one attached hydrogen (secondary N) is 1. The Hall–Kier alpha value is -0.260. The zero-order valence-electron chi connectivity index (χ0n) is 11.3. The van der Waals surface area contributed by atoms with Gasteiger partial charge in [0.05, 0.1) is 11.4 Å². The van der Waals surface area contributed by atoms with E-state index in [0.717, 1.165) is 26.0 Å². The summed E-state index contributed by atoms with van der Waals surface area (Å²) in [5, 5.41) is 7.31. The van der Waals surface area contributed by atoms with Gasteiger partial charge in [-0.2, -0.15) is 11.8 Å². The molecule has 2 fully saturated rings. The third-order valence-corrected chi connectivity index (χ3v) is 5.21. The highest BCUT2D eigenvalue weighted by Crippen LogP contribution is 2.38. The maximum atomic E-state index is 7.31. The second-order valence-electron chi connectivity index (χ2n) is 5.55. The van der Waals surface area contributed by atoms with Crippen LogP contribution in [0.5, 0.6) is 0 Å². The Kier molecular flexibility index (Phi) is 4.92. The molecule has 0 aromatic rings. The average molecular weight is 271 g/mol. The molecular formula is C13H25N3OS. The van der Waals surface area contributed by atoms with Crippen LogP contribution in [0.25, 0.3) is 0 Å². The van der Waals surface area contributed by atoms with E-state index in [9.17, 15) is 0 Å². The minimum Gasteiger partial charge on any atom is -0.388 e. The smallest absolute Gasteiger partial charge is 0.0918 e. The first kappa shape index (κ1) is 14.2. The number of hydrogen-bond acceptors (Lipinski definition) is 4. The van der Waals surface area contributed by atoms with Gasteiger partial charge in [-0.25, -0.2) is 0 Å². The minimum atomic E-state index is 0.151. The Bertz CT molecular complexity index is 286. The summed E-state index contributed by atoms with van der Waals surface area (Å²) >= 11 is 2.05. The highest BCUT2D eigenvalue weighted by atomic mass is 32.2. The number of amidine groups is 1. The number of rotatable bonds is 4. The molecule has 0 bridgehead atoms. The molecular weight excluding hydrogens is 246 g/mol. The fourth-order valence-corrected chi connectivity index (χ4v) is 4.19. The van der Waals surface area contributed by atoms with Gasteiger partial charge in [-0.15, -0.1) is 0 Å². The first-order chi connectivity index (χ1) is 8.61. The van der Waals surface area contributed by atoms with E-state index in [0.29, 0.717) is 12.5 Å². The van der Waals surface area contributed by atoms with Crippen LogP contribution in [0.15, 0.2) is 0 Å². The molecule has 0 aromatic carbocycles. The van der Waals surface area contributed by atoms with E-state index >= 15 is 0 Å². The summed E-state index contributed by atoms with van der Waals surface area (Å²) in [5.74, 6) is 2.77. The Morgan fingerprint density at radius 1 is 1.50 bits per heavy atom. The van der Waals surface area contributed by atoms with Crippen molar-refractivity contribution in [1.82, 2.24) is 4.90 Å². The van der Waals surface area contributed by atoms with Crippen LogP contribution in [0, 0.1) is 5.41 Å². The van der Waals surface area contributed by atoms with Crippen molar-refractivity contribution in [3.8, 4) is 0 Å². The van der Waals surface area contributed by atoms with Crippen molar-refractivity contribution in [3.63, 3.8) is 0 Å². The lowest BCUT2D eigenvalue weighted by Crippen LogP contribution is -2.49. The monoisotopic (exact) mass is 271 g/mol. The van der Waals surface area contributed by atoms with Gasteiger partial charge in [-0.05, 0) is 44.2 Å². The van der Waals surface area contributed by atoms with E-state index in [2.05, 4.69) is 11.9 Å². The van der Waals surface area contributed by atoms with Crippen LogP contribution in [-0.2, 0) is 4.74 Å². The molecule has 5 heteroatoms. The van der Waals surface area contributed by atoms with Crippen LogP contribution in [0.3, 0.4) is 0 Å². The summed E-state index contributed by atoms with van der Waals surface area (Å²) in [5.41, 5.74) is 5.59. The van der Waals surface area contributed by atoms with E-state index < -0.39 is 0 Å². The highest BCUT2D eigenvalue weighted by molar-refractivity contribution is 7.99. The minimum absolute atomic E-state index is 0.151. The highest BCUT2D eigenvalue weighted by Gasteiger charge is 2.39. The predicted octanol–water partition coefficient (Wildman–Crippen LogP) is 1.69. The fraction of sp³-hybridized carbons (Fsp3) is 0.923. The maximum Gasteiger partial charge on any atom is 0.0918 e. The third-order valence-electron chi connectivity index (χ3n) is 4.23. The number of thioether (sulfide) groups is 1. The molecule has 0 saturated carbocycles. The molecule has 1 unspecified atom stereocenters. The number of nitrogens with two attached hydrogens (primary N) is 1. The molecule has 4 nitrogen and oxygen atoms in total. The van der Waals surface area contributed by atoms with E-state index in [-0.39, 0.29) is 11.4 Å². The van der Waals surface area contributed by atoms with E-state index in [1.165, 1.54) is 24.3 Å². The zero-order valence-corrected chi connectivity index (χ0v) is 12.1. The van der Waals surface area contributed by atoms with Crippen molar-refractivity contribution in [2.45, 2.75) is 43.7 Å². The summed E-state index contributed by atoms with van der Waals surface area (Å²) in [6.07, 6.45) is 5.35. The number of ether oxygens (including phenoxy) is 1. The lowest BCUT2D eigenvalue weighted by atomic mass is 9.85. The Balaban J connectivity index is 1.87. The van der Waals surface area contributed by atoms with Crippen molar-refractivity contribution < 1.29 is 4.74 Å². The molecule has 2 aliphatic heterocycles. The summed E-state index contributed by atoms with van der Waals surface area (Å²) in [6.45, 7) is 1.78. The molecule has 0 amide bonds. The second kappa shape index (κ2) is 6.26. The average Bonchev–Trinajstić information content (AvgIpc) is 2.37. The fourth-order valence-electron chi connectivity index (χ4n) is 2.95. The summed E-state index contributed by atoms with van der Waals surface area (Å²) in [4.78, 5) is 2.37. The normalized spacial score (nSPS) is 27.6. The molecule has 0 aromatic heterocycles. The van der Waals surface area contributed by atoms with Crippen LogP contribution in [0.1, 0.15) is 32.1 Å². The van der Waals surface area contributed by atoms with E-state index in [4.69, 9.17) is 15.9 Å². The second-order valence-corrected chi connectivity index (χ2v) is 6.77. The van der Waals surface area contributed by atoms with Gasteiger partial charge in [0.25, 0.3) is 0 Å². The molecule has 2 rings (SSSR count). The largest absolute Gasteiger partial charge is 0.388 e. The molecule has 104 valence electrons. The first-order valence-corrected chi connectivity index (χ1v) is 8.02. The Morgan fingerprint density at radius 3 is 2.89 bits per heavy atom. The van der Waals surface area contributed by atoms with Gasteiger partial charge in [-0.1, -0.05) is 0 Å². The van der Waals surface area contributed by atoms with Crippen LogP contribution < -0.4 is 5.73 Å². The van der Waals surface area contributed by atoms with Gasteiger partial charge in [-0.3, -0.25) is 5.41 Å². The SMILES string of the molecule is CN(CCC(=N)N)C1CCOC2(CCSCC2)C1. The third kappa shape index (κ3) is 3.62. The first-order valence-electron chi connectivity index (χ1n) is 6.86. The van der Waals surface area contributed by atoms with Gasteiger partial charge >= 0.3 is 0 Å². The van der Waals surface area contributed by atoms with E-state index in [1.807, 2.05) is 11.8 Å². The summed E-state index contributed by atoms with van der Waals surface area (Å²) < 4.78 is 6.11. The molecule has 2 aliphatic rings. The van der Waals surface area contributed by atoms with Crippen molar-refractivity contribution >= 4 is 17.6 Å². The lowest BCUT2D eigenvalue weighted by molar-refractivity contribution is -0.107. The maximum absolute atomic E-state index is 7.31. The standard InChI is InChI=1S/C13H25N3OS/c1-16(6-2-12(14)15)11-3-7-17-13(10-11)4-8-18-9-5-13/h11H,2-10H2,1H3,(H3,14,15). The Labute approximate surface area is 114 Å². The zero-order chi connectivity index (χ0) is 13.0. The molecule has 1 spiro atoms.